The van der Waals surface area contributed by atoms with Crippen LogP contribution in [0.5, 0.6) is 5.75 Å². The number of nitro benzene ring substituents is 1. The lowest BCUT2D eigenvalue weighted by Gasteiger charge is -2.37. The quantitative estimate of drug-likeness (QED) is 0.473. The molecule has 2 aromatic carbocycles. The van der Waals surface area contributed by atoms with Crippen LogP contribution in [0.3, 0.4) is 0 Å². The molecule has 1 aliphatic heterocycles. The Bertz CT molecular complexity index is 881. The Kier molecular flexibility index (Phi) is 3.88. The molecule has 2 aromatic rings. The molecule has 1 heterocycles. The van der Waals surface area contributed by atoms with Gasteiger partial charge in [-0.05, 0) is 47.7 Å². The van der Waals surface area contributed by atoms with E-state index in [-0.39, 0.29) is 22.7 Å². The van der Waals surface area contributed by atoms with Gasteiger partial charge in [-0.2, -0.15) is 0 Å². The zero-order valence-electron chi connectivity index (χ0n) is 13.6. The molecule has 6 heteroatoms. The second kappa shape index (κ2) is 6.08. The number of fused-ring (bicyclic) bond motifs is 3. The zero-order valence-corrected chi connectivity index (χ0v) is 14.4. The summed E-state index contributed by atoms with van der Waals surface area (Å²) in [5.41, 5.74) is 3.08. The van der Waals surface area contributed by atoms with E-state index in [1.54, 1.807) is 19.2 Å². The highest BCUT2D eigenvalue weighted by molar-refractivity contribution is 6.32. The van der Waals surface area contributed by atoms with E-state index >= 15 is 0 Å². The summed E-state index contributed by atoms with van der Waals surface area (Å²) < 4.78 is 5.35. The number of nitrogens with one attached hydrogen (secondary N) is 1. The highest BCUT2D eigenvalue weighted by Crippen LogP contribution is 2.50. The predicted molar refractivity (Wildman–Crippen MR) is 97.5 cm³/mol. The van der Waals surface area contributed by atoms with E-state index in [0.717, 1.165) is 23.4 Å². The number of nitrogens with zero attached hydrogens (tertiary/aromatic N) is 1. The topological polar surface area (TPSA) is 64.4 Å². The molecule has 1 N–H and O–H groups in total. The van der Waals surface area contributed by atoms with Crippen LogP contribution in [0.4, 0.5) is 11.4 Å². The summed E-state index contributed by atoms with van der Waals surface area (Å²) >= 11 is 5.97. The number of anilines is 1. The predicted octanol–water partition coefficient (Wildman–Crippen LogP) is 5.08. The third-order valence-electron chi connectivity index (χ3n) is 5.10. The zero-order chi connectivity index (χ0) is 17.6. The SMILES string of the molecule is COc1ccc2c(c1)[C@@H]1C=CC[C@H]1[C@@H](c1ccc(Cl)c([N+](=O)[O-])c1)N2. The Morgan fingerprint density at radius 1 is 1.28 bits per heavy atom. The van der Waals surface area contributed by atoms with E-state index in [1.165, 1.54) is 5.56 Å². The molecule has 0 amide bonds. The summed E-state index contributed by atoms with van der Waals surface area (Å²) in [6.07, 6.45) is 5.33. The smallest absolute Gasteiger partial charge is 0.288 e. The van der Waals surface area contributed by atoms with Gasteiger partial charge in [-0.25, -0.2) is 0 Å². The fourth-order valence-corrected chi connectivity index (χ4v) is 4.08. The minimum atomic E-state index is -0.433. The van der Waals surface area contributed by atoms with Gasteiger partial charge in [-0.15, -0.1) is 0 Å². The van der Waals surface area contributed by atoms with Crippen molar-refractivity contribution in [3.63, 3.8) is 0 Å². The summed E-state index contributed by atoms with van der Waals surface area (Å²) in [7, 11) is 1.66. The van der Waals surface area contributed by atoms with Crippen LogP contribution in [-0.4, -0.2) is 12.0 Å². The molecule has 0 spiro atoms. The molecule has 4 rings (SSSR count). The van der Waals surface area contributed by atoms with Crippen molar-refractivity contribution in [3.8, 4) is 5.75 Å². The number of halogens is 1. The summed E-state index contributed by atoms with van der Waals surface area (Å²) in [4.78, 5) is 10.8. The molecule has 25 heavy (non-hydrogen) atoms. The maximum absolute atomic E-state index is 11.2. The van der Waals surface area contributed by atoms with Gasteiger partial charge < -0.3 is 10.1 Å². The van der Waals surface area contributed by atoms with E-state index in [2.05, 4.69) is 23.5 Å². The van der Waals surface area contributed by atoms with Crippen molar-refractivity contribution in [1.29, 1.82) is 0 Å². The van der Waals surface area contributed by atoms with Crippen LogP contribution in [0.25, 0.3) is 0 Å². The van der Waals surface area contributed by atoms with Crippen molar-refractivity contribution in [3.05, 3.63) is 74.8 Å². The molecular weight excluding hydrogens is 340 g/mol. The molecule has 0 radical (unpaired) electrons. The van der Waals surface area contributed by atoms with Crippen molar-refractivity contribution in [2.45, 2.75) is 18.4 Å². The summed E-state index contributed by atoms with van der Waals surface area (Å²) in [6, 6.07) is 11.1. The number of rotatable bonds is 3. The summed E-state index contributed by atoms with van der Waals surface area (Å²) in [6.45, 7) is 0. The molecule has 0 saturated heterocycles. The number of ether oxygens (including phenoxy) is 1. The molecule has 0 aromatic heterocycles. The number of allylic oxidation sites excluding steroid dienone is 2. The van der Waals surface area contributed by atoms with Crippen molar-refractivity contribution in [1.82, 2.24) is 0 Å². The van der Waals surface area contributed by atoms with Crippen molar-refractivity contribution < 1.29 is 9.66 Å². The maximum atomic E-state index is 11.2. The molecule has 0 saturated carbocycles. The second-order valence-electron chi connectivity index (χ2n) is 6.40. The fourth-order valence-electron chi connectivity index (χ4n) is 3.89. The lowest BCUT2D eigenvalue weighted by molar-refractivity contribution is -0.384. The van der Waals surface area contributed by atoms with Crippen LogP contribution < -0.4 is 10.1 Å². The Morgan fingerprint density at radius 3 is 2.88 bits per heavy atom. The van der Waals surface area contributed by atoms with Crippen LogP contribution in [0.1, 0.15) is 29.5 Å². The Hall–Kier alpha value is -2.53. The van der Waals surface area contributed by atoms with Gasteiger partial charge in [0.1, 0.15) is 10.8 Å². The largest absolute Gasteiger partial charge is 0.497 e. The van der Waals surface area contributed by atoms with Crippen molar-refractivity contribution >= 4 is 23.0 Å². The van der Waals surface area contributed by atoms with Gasteiger partial charge in [0.25, 0.3) is 5.69 Å². The molecular formula is C19H17ClN2O3. The lowest BCUT2D eigenvalue weighted by Crippen LogP contribution is -2.29. The van der Waals surface area contributed by atoms with Gasteiger partial charge >= 0.3 is 0 Å². The van der Waals surface area contributed by atoms with Crippen molar-refractivity contribution in [2.24, 2.45) is 5.92 Å². The first-order chi connectivity index (χ1) is 12.1. The van der Waals surface area contributed by atoms with Crippen LogP contribution >= 0.6 is 11.6 Å². The lowest BCUT2D eigenvalue weighted by atomic mass is 9.77. The van der Waals surface area contributed by atoms with E-state index in [4.69, 9.17) is 16.3 Å². The molecule has 0 bridgehead atoms. The van der Waals surface area contributed by atoms with Gasteiger partial charge in [-0.1, -0.05) is 29.8 Å². The average molecular weight is 357 g/mol. The van der Waals surface area contributed by atoms with E-state index < -0.39 is 4.92 Å². The van der Waals surface area contributed by atoms with Crippen molar-refractivity contribution in [2.75, 3.05) is 12.4 Å². The molecule has 2 aliphatic rings. The number of methoxy groups -OCH3 is 1. The van der Waals surface area contributed by atoms with E-state index in [0.29, 0.717) is 5.92 Å². The Labute approximate surface area is 150 Å². The molecule has 5 nitrogen and oxygen atoms in total. The minimum absolute atomic E-state index is 0.00291. The number of hydrogen-bond acceptors (Lipinski definition) is 4. The highest BCUT2D eigenvalue weighted by Gasteiger charge is 2.38. The van der Waals surface area contributed by atoms with E-state index in [1.807, 2.05) is 18.2 Å². The normalized spacial score (nSPS) is 23.5. The standard InChI is InChI=1S/C19H17ClN2O3/c1-25-12-6-8-17-15(10-12)13-3-2-4-14(13)19(21-17)11-5-7-16(20)18(9-11)22(23)24/h2-3,5-10,13-14,19,21H,4H2,1H3/t13-,14-,19-/m1/s1. The van der Waals surface area contributed by atoms with Gasteiger partial charge in [0.15, 0.2) is 0 Å². The number of hydrogen-bond donors (Lipinski definition) is 1. The summed E-state index contributed by atoms with van der Waals surface area (Å²) in [5.74, 6) is 1.41. The number of benzene rings is 2. The second-order valence-corrected chi connectivity index (χ2v) is 6.80. The van der Waals surface area contributed by atoms with Crippen LogP contribution in [0.2, 0.25) is 5.02 Å². The molecule has 3 atom stereocenters. The first-order valence-electron chi connectivity index (χ1n) is 8.13. The van der Waals surface area contributed by atoms with Gasteiger partial charge in [-0.3, -0.25) is 10.1 Å². The first-order valence-corrected chi connectivity index (χ1v) is 8.51. The number of nitro groups is 1. The maximum Gasteiger partial charge on any atom is 0.288 e. The summed E-state index contributed by atoms with van der Waals surface area (Å²) in [5, 5.41) is 15.0. The molecule has 0 fully saturated rings. The van der Waals surface area contributed by atoms with Crippen LogP contribution in [0.15, 0.2) is 48.6 Å². The Balaban J connectivity index is 1.77. The van der Waals surface area contributed by atoms with Crippen LogP contribution in [-0.2, 0) is 0 Å². The third-order valence-corrected chi connectivity index (χ3v) is 5.42. The Morgan fingerprint density at radius 2 is 2.12 bits per heavy atom. The highest BCUT2D eigenvalue weighted by atomic mass is 35.5. The molecule has 1 aliphatic carbocycles. The third kappa shape index (κ3) is 2.65. The first kappa shape index (κ1) is 16.0. The van der Waals surface area contributed by atoms with Crippen LogP contribution in [0, 0.1) is 16.0 Å². The van der Waals surface area contributed by atoms with Gasteiger partial charge in [0.2, 0.25) is 0 Å². The molecule has 128 valence electrons. The monoisotopic (exact) mass is 356 g/mol. The van der Waals surface area contributed by atoms with Gasteiger partial charge in [0, 0.05) is 17.7 Å². The molecule has 0 unspecified atom stereocenters. The van der Waals surface area contributed by atoms with E-state index in [9.17, 15) is 10.1 Å². The fraction of sp³-hybridized carbons (Fsp3) is 0.263. The minimum Gasteiger partial charge on any atom is -0.497 e. The average Bonchev–Trinajstić information content (AvgIpc) is 3.11. The van der Waals surface area contributed by atoms with Gasteiger partial charge in [0.05, 0.1) is 18.1 Å².